The van der Waals surface area contributed by atoms with Crippen LogP contribution in [0.25, 0.3) is 11.4 Å². The molecule has 0 spiro atoms. The summed E-state index contributed by atoms with van der Waals surface area (Å²) in [7, 11) is 12.1. The van der Waals surface area contributed by atoms with E-state index in [0.717, 1.165) is 46.3 Å². The molecule has 6 rings (SSSR count). The van der Waals surface area contributed by atoms with Gasteiger partial charge in [0.25, 0.3) is 0 Å². The summed E-state index contributed by atoms with van der Waals surface area (Å²) in [5.41, 5.74) is 7.40. The fourth-order valence-corrected chi connectivity index (χ4v) is 18.3. The summed E-state index contributed by atoms with van der Waals surface area (Å²) in [6.07, 6.45) is 29.3. The number of hydrogen-bond donors (Lipinski definition) is 0. The molecule has 0 N–H and O–H groups in total. The van der Waals surface area contributed by atoms with Gasteiger partial charge in [0.2, 0.25) is 0 Å². The third kappa shape index (κ3) is 7.23. The highest BCUT2D eigenvalue weighted by molar-refractivity contribution is 7.98. The maximum Gasteiger partial charge on any atom is 0.366 e. The van der Waals surface area contributed by atoms with Gasteiger partial charge in [0.1, 0.15) is 0 Å². The van der Waals surface area contributed by atoms with Crippen LogP contribution < -0.4 is 0 Å². The Labute approximate surface area is 261 Å². The second-order valence-corrected chi connectivity index (χ2v) is 22.0. The van der Waals surface area contributed by atoms with E-state index in [4.69, 9.17) is 25.1 Å². The summed E-state index contributed by atoms with van der Waals surface area (Å²) in [5.74, 6) is 0. The molecule has 222 valence electrons. The van der Waals surface area contributed by atoms with E-state index < -0.39 is 14.3 Å². The van der Waals surface area contributed by atoms with Crippen LogP contribution in [0.4, 0.5) is 0 Å². The van der Waals surface area contributed by atoms with Gasteiger partial charge in [-0.2, -0.15) is 0 Å². The molecular formula is C36H54B2N2P2+2. The fraction of sp³-hybridized carbons (Fsp3) is 0.722. The molecule has 0 unspecified atom stereocenters. The first-order valence-electron chi connectivity index (χ1n) is 17.8. The predicted molar refractivity (Wildman–Crippen MR) is 188 cm³/mol. The summed E-state index contributed by atoms with van der Waals surface area (Å²) < 4.78 is 0. The Balaban J connectivity index is 1.24. The zero-order chi connectivity index (χ0) is 28.8. The summed E-state index contributed by atoms with van der Waals surface area (Å²) in [5, 5.41) is 0. The molecule has 42 heavy (non-hydrogen) atoms. The molecule has 0 saturated heterocycles. The molecule has 2 nitrogen and oxygen atoms in total. The highest BCUT2D eigenvalue weighted by Gasteiger charge is 2.49. The van der Waals surface area contributed by atoms with E-state index in [1.165, 1.54) is 140 Å². The van der Waals surface area contributed by atoms with Crippen molar-refractivity contribution < 1.29 is 0 Å². The van der Waals surface area contributed by atoms with Crippen molar-refractivity contribution >= 4 is 29.4 Å². The normalized spacial score (nSPS) is 22.8. The minimum absolute atomic E-state index is 0.738. The first-order chi connectivity index (χ1) is 20.5. The van der Waals surface area contributed by atoms with Gasteiger partial charge < -0.3 is 0 Å². The second-order valence-electron chi connectivity index (χ2n) is 14.5. The van der Waals surface area contributed by atoms with Crippen LogP contribution in [-0.2, 0) is 12.3 Å². The van der Waals surface area contributed by atoms with E-state index >= 15 is 0 Å². The van der Waals surface area contributed by atoms with E-state index in [1.807, 2.05) is 0 Å². The van der Waals surface area contributed by atoms with Crippen molar-refractivity contribution in [2.75, 3.05) is 0 Å². The maximum atomic E-state index is 7.65. The lowest BCUT2D eigenvalue weighted by atomic mass is 9.99. The van der Waals surface area contributed by atoms with Crippen molar-refractivity contribution in [3.63, 3.8) is 0 Å². The molecule has 2 aromatic heterocycles. The van der Waals surface area contributed by atoms with Gasteiger partial charge in [-0.25, -0.2) is 9.97 Å². The molecule has 0 bridgehead atoms. The third-order valence-corrected chi connectivity index (χ3v) is 21.0. The lowest BCUT2D eigenvalue weighted by Gasteiger charge is -2.42. The lowest BCUT2D eigenvalue weighted by molar-refractivity contribution is 0.481. The van der Waals surface area contributed by atoms with E-state index in [0.29, 0.717) is 0 Å². The van der Waals surface area contributed by atoms with Gasteiger partial charge in [-0.15, -0.1) is 0 Å². The van der Waals surface area contributed by atoms with E-state index in [1.54, 1.807) is 0 Å². The molecule has 6 heteroatoms. The number of aromatic nitrogens is 2. The quantitative estimate of drug-likeness (QED) is 0.212. The molecule has 2 heterocycles. The lowest BCUT2D eigenvalue weighted by Crippen LogP contribution is -2.29. The average molecular weight is 598 g/mol. The number of nitrogens with zero attached hydrogens (tertiary/aromatic N) is 2. The van der Waals surface area contributed by atoms with E-state index in [9.17, 15) is 0 Å². The fourth-order valence-electron chi connectivity index (χ4n) is 9.34. The van der Waals surface area contributed by atoms with Crippen LogP contribution in [0.5, 0.6) is 0 Å². The third-order valence-electron chi connectivity index (χ3n) is 11.8. The van der Waals surface area contributed by atoms with Crippen molar-refractivity contribution in [1.29, 1.82) is 0 Å². The SMILES string of the molecule is [B][P+](Cc1cccc(-c2cccc(C[P+]([B])(C3CCCCC3)C3CCCCC3)n2)n1)(C1CCCCC1)C1CCCCC1. The standard InChI is InChI=1S/C36H54B2N2P2/c37-41(31-17-5-1-6-18-31,32-19-7-2-8-20-32)27-29-15-13-25-35(39-29)36-26-14-16-30(40-36)28-42(38,33-21-9-3-10-22-33)34-23-11-4-12-24-34/h13-16,25-26,31-34H,1-12,17-24,27-28H2/q+2. The predicted octanol–water partition coefficient (Wildman–Crippen LogP) is 10.7. The summed E-state index contributed by atoms with van der Waals surface area (Å²) in [6.45, 7) is 0. The molecule has 4 fully saturated rings. The van der Waals surface area contributed by atoms with Crippen molar-refractivity contribution in [2.45, 2.75) is 163 Å². The Morgan fingerprint density at radius 2 is 0.738 bits per heavy atom. The van der Waals surface area contributed by atoms with Gasteiger partial charge in [-0.3, -0.25) is 0 Å². The highest BCUT2D eigenvalue weighted by atomic mass is 31.2. The van der Waals surface area contributed by atoms with Crippen LogP contribution in [0.15, 0.2) is 36.4 Å². The van der Waals surface area contributed by atoms with Crippen LogP contribution in [0.3, 0.4) is 0 Å². The minimum atomic E-state index is -1.62. The van der Waals surface area contributed by atoms with Gasteiger partial charge in [-0.05, 0) is 141 Å². The van der Waals surface area contributed by atoms with Crippen molar-refractivity contribution in [2.24, 2.45) is 0 Å². The Morgan fingerprint density at radius 3 is 1.02 bits per heavy atom. The maximum absolute atomic E-state index is 7.65. The molecule has 0 amide bonds. The molecule has 4 aliphatic rings. The zero-order valence-electron chi connectivity index (χ0n) is 26.3. The zero-order valence-corrected chi connectivity index (χ0v) is 28.1. The first-order valence-corrected chi connectivity index (χ1v) is 22.2. The van der Waals surface area contributed by atoms with Crippen LogP contribution >= 0.6 is 14.3 Å². The second kappa shape index (κ2) is 14.6. The summed E-state index contributed by atoms with van der Waals surface area (Å²) >= 11 is 0. The number of rotatable bonds is 9. The smallest absolute Gasteiger partial charge is 0.247 e. The molecule has 4 aliphatic carbocycles. The number of hydrogen-bond acceptors (Lipinski definition) is 2. The van der Waals surface area contributed by atoms with E-state index in [2.05, 4.69) is 36.4 Å². The molecule has 0 aliphatic heterocycles. The Bertz CT molecular complexity index is 1010. The first kappa shape index (κ1) is 31.3. The van der Waals surface area contributed by atoms with Gasteiger partial charge in [0.15, 0.2) is 0 Å². The van der Waals surface area contributed by atoms with Crippen molar-refractivity contribution in [3.05, 3.63) is 47.8 Å². The Kier molecular flexibility index (Phi) is 10.9. The average Bonchev–Trinajstić information content (AvgIpc) is 3.06. The Hall–Kier alpha value is -0.710. The van der Waals surface area contributed by atoms with Crippen LogP contribution in [0.1, 0.15) is 140 Å². The van der Waals surface area contributed by atoms with Crippen molar-refractivity contribution in [3.8, 4) is 11.4 Å². The summed E-state index contributed by atoms with van der Waals surface area (Å²) in [6, 6.07) is 13.3. The van der Waals surface area contributed by atoms with Gasteiger partial charge >= 0.3 is 15.1 Å². The highest BCUT2D eigenvalue weighted by Crippen LogP contribution is 2.71. The molecule has 4 saturated carbocycles. The summed E-state index contributed by atoms with van der Waals surface area (Å²) in [4.78, 5) is 10.6. The van der Waals surface area contributed by atoms with Gasteiger partial charge in [0, 0.05) is 0 Å². The van der Waals surface area contributed by atoms with Gasteiger partial charge in [0.05, 0.1) is 57.7 Å². The van der Waals surface area contributed by atoms with Crippen LogP contribution in [-0.4, -0.2) is 47.7 Å². The van der Waals surface area contributed by atoms with E-state index in [-0.39, 0.29) is 0 Å². The topological polar surface area (TPSA) is 25.8 Å². The monoisotopic (exact) mass is 598 g/mol. The molecule has 0 atom stereocenters. The largest absolute Gasteiger partial charge is 0.366 e. The molecular weight excluding hydrogens is 544 g/mol. The number of pyridine rings is 2. The molecule has 0 aromatic carbocycles. The van der Waals surface area contributed by atoms with Gasteiger partial charge in [-0.1, -0.05) is 37.8 Å². The van der Waals surface area contributed by atoms with Crippen molar-refractivity contribution in [1.82, 2.24) is 9.97 Å². The molecule has 2 aromatic rings. The molecule has 4 radical (unpaired) electrons. The Morgan fingerprint density at radius 1 is 0.452 bits per heavy atom. The minimum Gasteiger partial charge on any atom is -0.247 e. The van der Waals surface area contributed by atoms with Crippen LogP contribution in [0, 0.1) is 0 Å². The van der Waals surface area contributed by atoms with Crippen LogP contribution in [0.2, 0.25) is 0 Å².